The molecule has 1 aromatic rings. The maximum absolute atomic E-state index is 8.82. The highest BCUT2D eigenvalue weighted by atomic mass is 14.2. The molecule has 1 heteroatoms. The van der Waals surface area contributed by atoms with Crippen LogP contribution in [0.15, 0.2) is 43.5 Å². The van der Waals surface area contributed by atoms with Crippen molar-refractivity contribution in [3.8, 4) is 6.07 Å². The molecule has 0 atom stereocenters. The molecule has 0 unspecified atom stereocenters. The Hall–Kier alpha value is -1.81. The van der Waals surface area contributed by atoms with Crippen LogP contribution in [0.2, 0.25) is 0 Å². The fraction of sp³-hybridized carbons (Fsp3) is 0.154. The van der Waals surface area contributed by atoms with Gasteiger partial charge in [0.2, 0.25) is 0 Å². The van der Waals surface area contributed by atoms with Crippen LogP contribution in [-0.2, 0) is 12.8 Å². The van der Waals surface area contributed by atoms with E-state index in [0.29, 0.717) is 5.56 Å². The fourth-order valence-electron chi connectivity index (χ4n) is 1.40. The molecular formula is C13H13N. The zero-order valence-corrected chi connectivity index (χ0v) is 8.16. The summed E-state index contributed by atoms with van der Waals surface area (Å²) in [5, 5.41) is 8.82. The van der Waals surface area contributed by atoms with Crippen molar-refractivity contribution in [3.63, 3.8) is 0 Å². The number of benzene rings is 1. The molecule has 0 aliphatic heterocycles. The van der Waals surface area contributed by atoms with Crippen molar-refractivity contribution in [2.45, 2.75) is 12.8 Å². The van der Waals surface area contributed by atoms with E-state index in [9.17, 15) is 0 Å². The molecule has 0 fully saturated rings. The average molecular weight is 183 g/mol. The number of rotatable bonds is 4. The van der Waals surface area contributed by atoms with E-state index in [2.05, 4.69) is 25.3 Å². The third-order valence-electron chi connectivity index (χ3n) is 1.94. The van der Waals surface area contributed by atoms with Gasteiger partial charge in [0.05, 0.1) is 11.6 Å². The first-order valence-corrected chi connectivity index (χ1v) is 4.55. The number of hydrogen-bond acceptors (Lipinski definition) is 1. The Morgan fingerprint density at radius 3 is 1.93 bits per heavy atom. The molecule has 0 heterocycles. The molecule has 0 bridgehead atoms. The molecule has 0 spiro atoms. The highest BCUT2D eigenvalue weighted by Crippen LogP contribution is 2.11. The van der Waals surface area contributed by atoms with Crippen molar-refractivity contribution in [2.24, 2.45) is 0 Å². The SMILES string of the molecule is C=CCc1cc(C#N)cc(CC=C)c1. The first-order chi connectivity index (χ1) is 6.80. The Morgan fingerprint density at radius 2 is 1.57 bits per heavy atom. The second-order valence-corrected chi connectivity index (χ2v) is 3.14. The van der Waals surface area contributed by atoms with Gasteiger partial charge in [0, 0.05) is 0 Å². The van der Waals surface area contributed by atoms with Crippen molar-refractivity contribution in [1.82, 2.24) is 0 Å². The largest absolute Gasteiger partial charge is 0.192 e. The van der Waals surface area contributed by atoms with Crippen LogP contribution >= 0.6 is 0 Å². The average Bonchev–Trinajstić information content (AvgIpc) is 2.18. The van der Waals surface area contributed by atoms with Crippen molar-refractivity contribution in [1.29, 1.82) is 5.26 Å². The van der Waals surface area contributed by atoms with Crippen molar-refractivity contribution < 1.29 is 0 Å². The first-order valence-electron chi connectivity index (χ1n) is 4.55. The van der Waals surface area contributed by atoms with Crippen molar-refractivity contribution in [2.75, 3.05) is 0 Å². The van der Waals surface area contributed by atoms with Gasteiger partial charge >= 0.3 is 0 Å². The van der Waals surface area contributed by atoms with E-state index in [1.807, 2.05) is 24.3 Å². The van der Waals surface area contributed by atoms with Crippen molar-refractivity contribution in [3.05, 3.63) is 60.2 Å². The Balaban J connectivity index is 3.07. The van der Waals surface area contributed by atoms with Crippen LogP contribution in [0.1, 0.15) is 16.7 Å². The minimum atomic E-state index is 0.709. The molecule has 0 amide bonds. The van der Waals surface area contributed by atoms with Crippen LogP contribution in [0.25, 0.3) is 0 Å². The van der Waals surface area contributed by atoms with E-state index in [4.69, 9.17) is 5.26 Å². The molecule has 0 saturated heterocycles. The van der Waals surface area contributed by atoms with Crippen LogP contribution in [-0.4, -0.2) is 0 Å². The van der Waals surface area contributed by atoms with Crippen LogP contribution < -0.4 is 0 Å². The number of allylic oxidation sites excluding steroid dienone is 2. The minimum Gasteiger partial charge on any atom is -0.192 e. The predicted octanol–water partition coefficient (Wildman–Crippen LogP) is 3.02. The molecule has 1 aromatic carbocycles. The van der Waals surface area contributed by atoms with Gasteiger partial charge in [0.15, 0.2) is 0 Å². The maximum Gasteiger partial charge on any atom is 0.0991 e. The Kier molecular flexibility index (Phi) is 3.69. The van der Waals surface area contributed by atoms with E-state index >= 15 is 0 Å². The van der Waals surface area contributed by atoms with E-state index < -0.39 is 0 Å². The topological polar surface area (TPSA) is 23.8 Å². The number of nitriles is 1. The lowest BCUT2D eigenvalue weighted by molar-refractivity contribution is 1.20. The molecule has 0 radical (unpaired) electrons. The van der Waals surface area contributed by atoms with Gasteiger partial charge in [-0.3, -0.25) is 0 Å². The third kappa shape index (κ3) is 2.60. The summed E-state index contributed by atoms with van der Waals surface area (Å²) in [5.74, 6) is 0. The van der Waals surface area contributed by atoms with Gasteiger partial charge in [-0.1, -0.05) is 18.2 Å². The second kappa shape index (κ2) is 5.04. The molecular weight excluding hydrogens is 170 g/mol. The Morgan fingerprint density at radius 1 is 1.07 bits per heavy atom. The van der Waals surface area contributed by atoms with Gasteiger partial charge in [-0.15, -0.1) is 13.2 Å². The van der Waals surface area contributed by atoms with E-state index in [1.165, 1.54) is 0 Å². The lowest BCUT2D eigenvalue weighted by atomic mass is 10.0. The van der Waals surface area contributed by atoms with E-state index in [0.717, 1.165) is 24.0 Å². The van der Waals surface area contributed by atoms with Gasteiger partial charge in [-0.25, -0.2) is 0 Å². The lowest BCUT2D eigenvalue weighted by Crippen LogP contribution is -1.89. The highest BCUT2D eigenvalue weighted by molar-refractivity contribution is 5.38. The smallest absolute Gasteiger partial charge is 0.0991 e. The van der Waals surface area contributed by atoms with E-state index in [1.54, 1.807) is 0 Å². The fourth-order valence-corrected chi connectivity index (χ4v) is 1.40. The molecule has 1 rings (SSSR count). The monoisotopic (exact) mass is 183 g/mol. The van der Waals surface area contributed by atoms with Gasteiger partial charge in [-0.05, 0) is 36.1 Å². The molecule has 14 heavy (non-hydrogen) atoms. The zero-order chi connectivity index (χ0) is 10.4. The summed E-state index contributed by atoms with van der Waals surface area (Å²) >= 11 is 0. The summed E-state index contributed by atoms with van der Waals surface area (Å²) in [6.45, 7) is 7.37. The van der Waals surface area contributed by atoms with Crippen LogP contribution in [0.4, 0.5) is 0 Å². The first kappa shape index (κ1) is 10.3. The van der Waals surface area contributed by atoms with Gasteiger partial charge < -0.3 is 0 Å². The number of nitrogens with zero attached hydrogens (tertiary/aromatic N) is 1. The normalized spacial score (nSPS) is 9.07. The Labute approximate surface area is 85.0 Å². The second-order valence-electron chi connectivity index (χ2n) is 3.14. The van der Waals surface area contributed by atoms with E-state index in [-0.39, 0.29) is 0 Å². The molecule has 0 aromatic heterocycles. The van der Waals surface area contributed by atoms with Crippen LogP contribution in [0, 0.1) is 11.3 Å². The summed E-state index contributed by atoms with van der Waals surface area (Å²) in [5.41, 5.74) is 2.98. The summed E-state index contributed by atoms with van der Waals surface area (Å²) in [6.07, 6.45) is 5.29. The quantitative estimate of drug-likeness (QED) is 0.658. The molecule has 0 saturated carbocycles. The summed E-state index contributed by atoms with van der Waals surface area (Å²) in [4.78, 5) is 0. The summed E-state index contributed by atoms with van der Waals surface area (Å²) in [6, 6.07) is 8.04. The van der Waals surface area contributed by atoms with Crippen molar-refractivity contribution >= 4 is 0 Å². The predicted molar refractivity (Wildman–Crippen MR) is 59.0 cm³/mol. The van der Waals surface area contributed by atoms with Gasteiger partial charge in [0.1, 0.15) is 0 Å². The summed E-state index contributed by atoms with van der Waals surface area (Å²) in [7, 11) is 0. The lowest BCUT2D eigenvalue weighted by Gasteiger charge is -2.02. The van der Waals surface area contributed by atoms with Gasteiger partial charge in [0.25, 0.3) is 0 Å². The minimum absolute atomic E-state index is 0.709. The molecule has 0 N–H and O–H groups in total. The Bertz CT molecular complexity index is 354. The molecule has 70 valence electrons. The van der Waals surface area contributed by atoms with Gasteiger partial charge in [-0.2, -0.15) is 5.26 Å². The third-order valence-corrected chi connectivity index (χ3v) is 1.94. The summed E-state index contributed by atoms with van der Waals surface area (Å²) < 4.78 is 0. The number of hydrogen-bond donors (Lipinski definition) is 0. The maximum atomic E-state index is 8.82. The standard InChI is InChI=1S/C13H13N/c1-3-5-11-7-12(6-4-2)9-13(8-11)10-14/h3-4,7-9H,1-2,5-6H2. The highest BCUT2D eigenvalue weighted by Gasteiger charge is 1.98. The van der Waals surface area contributed by atoms with Crippen LogP contribution in [0.5, 0.6) is 0 Å². The molecule has 1 nitrogen and oxygen atoms in total. The van der Waals surface area contributed by atoms with Crippen LogP contribution in [0.3, 0.4) is 0 Å². The zero-order valence-electron chi connectivity index (χ0n) is 8.16. The molecule has 0 aliphatic carbocycles. The molecule has 0 aliphatic rings.